The highest BCUT2D eigenvalue weighted by Crippen LogP contribution is 2.45. The highest BCUT2D eigenvalue weighted by atomic mass is 35.5. The van der Waals surface area contributed by atoms with Gasteiger partial charge in [0.15, 0.2) is 0 Å². The molecule has 0 saturated carbocycles. The van der Waals surface area contributed by atoms with Gasteiger partial charge >= 0.3 is 5.97 Å². The fourth-order valence-electron chi connectivity index (χ4n) is 3.88. The molecule has 1 aliphatic heterocycles. The maximum atomic E-state index is 13.3. The Kier molecular flexibility index (Phi) is 5.77. The molecule has 8 heteroatoms. The zero-order chi connectivity index (χ0) is 21.6. The molecule has 3 rings (SSSR count). The maximum absolute atomic E-state index is 13.3. The van der Waals surface area contributed by atoms with Crippen LogP contribution in [0.5, 0.6) is 0 Å². The lowest BCUT2D eigenvalue weighted by Crippen LogP contribution is -2.55. The van der Waals surface area contributed by atoms with Gasteiger partial charge < -0.3 is 15.4 Å². The highest BCUT2D eigenvalue weighted by molar-refractivity contribution is 7.17. The van der Waals surface area contributed by atoms with Crippen molar-refractivity contribution < 1.29 is 18.7 Å². The van der Waals surface area contributed by atoms with Crippen molar-refractivity contribution in [1.29, 1.82) is 0 Å². The second kappa shape index (κ2) is 7.70. The smallest absolute Gasteiger partial charge is 0.341 e. The fraction of sp³-hybridized carbons (Fsp3) is 0.429. The quantitative estimate of drug-likeness (QED) is 0.649. The third kappa shape index (κ3) is 4.32. The van der Waals surface area contributed by atoms with Gasteiger partial charge in [0.25, 0.3) is 5.91 Å². The Labute approximate surface area is 178 Å². The standard InChI is InChI=1S/C21H24ClFN2O3S/c1-6-28-19(27)15-13-10-20(2,3)25-21(4,5)16(13)29-18(15)24-17(26)12-8-7-11(23)9-14(12)22/h7-9,25H,6,10H2,1-5H3,(H,24,26). The minimum atomic E-state index is -0.527. The van der Waals surface area contributed by atoms with Gasteiger partial charge in [0, 0.05) is 16.0 Å². The molecule has 156 valence electrons. The number of esters is 1. The molecule has 1 aromatic heterocycles. The monoisotopic (exact) mass is 438 g/mol. The van der Waals surface area contributed by atoms with Crippen LogP contribution in [0.25, 0.3) is 0 Å². The average molecular weight is 439 g/mol. The van der Waals surface area contributed by atoms with Gasteiger partial charge in [-0.15, -0.1) is 11.3 Å². The Morgan fingerprint density at radius 1 is 1.31 bits per heavy atom. The summed E-state index contributed by atoms with van der Waals surface area (Å²) >= 11 is 7.37. The van der Waals surface area contributed by atoms with Gasteiger partial charge in [-0.3, -0.25) is 4.79 Å². The molecule has 2 N–H and O–H groups in total. The number of rotatable bonds is 4. The molecular weight excluding hydrogens is 415 g/mol. The Morgan fingerprint density at radius 3 is 2.62 bits per heavy atom. The second-order valence-electron chi connectivity index (χ2n) is 8.22. The molecule has 5 nitrogen and oxygen atoms in total. The van der Waals surface area contributed by atoms with E-state index in [2.05, 4.69) is 24.5 Å². The molecule has 2 heterocycles. The molecule has 0 unspecified atom stereocenters. The van der Waals surface area contributed by atoms with Crippen molar-refractivity contribution in [2.45, 2.75) is 52.1 Å². The molecule has 29 heavy (non-hydrogen) atoms. The van der Waals surface area contributed by atoms with Crippen molar-refractivity contribution in [3.8, 4) is 0 Å². The number of ether oxygens (including phenoxy) is 1. The molecule has 2 aromatic rings. The molecule has 0 bridgehead atoms. The third-order valence-electron chi connectivity index (χ3n) is 4.73. The number of halogens is 2. The van der Waals surface area contributed by atoms with Crippen LogP contribution in [0.2, 0.25) is 5.02 Å². The summed E-state index contributed by atoms with van der Waals surface area (Å²) in [6, 6.07) is 3.57. The molecule has 0 spiro atoms. The molecule has 1 amide bonds. The van der Waals surface area contributed by atoms with E-state index in [1.807, 2.05) is 13.8 Å². The largest absolute Gasteiger partial charge is 0.462 e. The maximum Gasteiger partial charge on any atom is 0.341 e. The third-order valence-corrected chi connectivity index (χ3v) is 6.51. The SMILES string of the molecule is CCOC(=O)c1c(NC(=O)c2ccc(F)cc2Cl)sc2c1CC(C)(C)NC2(C)C. The van der Waals surface area contributed by atoms with Gasteiger partial charge in [0.05, 0.1) is 22.8 Å². The number of thiophene rings is 1. The number of hydrogen-bond acceptors (Lipinski definition) is 5. The van der Waals surface area contributed by atoms with E-state index in [0.717, 1.165) is 16.5 Å². The number of carbonyl (C=O) groups excluding carboxylic acids is 2. The number of hydrogen-bond donors (Lipinski definition) is 2. The molecule has 0 fully saturated rings. The summed E-state index contributed by atoms with van der Waals surface area (Å²) in [6.45, 7) is 10.2. The van der Waals surface area contributed by atoms with Gasteiger partial charge in [0.2, 0.25) is 0 Å². The number of carbonyl (C=O) groups is 2. The van der Waals surface area contributed by atoms with Crippen LogP contribution in [0.4, 0.5) is 9.39 Å². The zero-order valence-corrected chi connectivity index (χ0v) is 18.6. The van der Waals surface area contributed by atoms with Crippen LogP contribution in [0.15, 0.2) is 18.2 Å². The number of nitrogens with one attached hydrogen (secondary N) is 2. The minimum Gasteiger partial charge on any atom is -0.462 e. The summed E-state index contributed by atoms with van der Waals surface area (Å²) in [5.74, 6) is -1.51. The topological polar surface area (TPSA) is 67.4 Å². The molecule has 0 atom stereocenters. The van der Waals surface area contributed by atoms with Crippen LogP contribution in [-0.4, -0.2) is 24.0 Å². The van der Waals surface area contributed by atoms with Gasteiger partial charge in [-0.25, -0.2) is 9.18 Å². The first-order valence-electron chi connectivity index (χ1n) is 9.34. The number of amides is 1. The first-order chi connectivity index (χ1) is 13.4. The van der Waals surface area contributed by atoms with E-state index in [9.17, 15) is 14.0 Å². The van der Waals surface area contributed by atoms with E-state index < -0.39 is 17.7 Å². The lowest BCUT2D eigenvalue weighted by Gasteiger charge is -2.42. The Hall–Kier alpha value is -1.96. The summed E-state index contributed by atoms with van der Waals surface area (Å²) < 4.78 is 18.6. The van der Waals surface area contributed by atoms with E-state index in [4.69, 9.17) is 16.3 Å². The summed E-state index contributed by atoms with van der Waals surface area (Å²) in [4.78, 5) is 26.6. The van der Waals surface area contributed by atoms with Crippen molar-refractivity contribution in [3.63, 3.8) is 0 Å². The molecule has 0 radical (unpaired) electrons. The van der Waals surface area contributed by atoms with Crippen molar-refractivity contribution in [3.05, 3.63) is 50.6 Å². The lowest BCUT2D eigenvalue weighted by atomic mass is 9.81. The van der Waals surface area contributed by atoms with Gasteiger partial charge in [-0.2, -0.15) is 0 Å². The Bertz CT molecular complexity index is 985. The van der Waals surface area contributed by atoms with Crippen LogP contribution < -0.4 is 10.6 Å². The molecule has 1 aromatic carbocycles. The van der Waals surface area contributed by atoms with E-state index in [0.29, 0.717) is 17.0 Å². The molecule has 0 aliphatic carbocycles. The summed E-state index contributed by atoms with van der Waals surface area (Å²) in [6.07, 6.45) is 0.615. The average Bonchev–Trinajstić information content (AvgIpc) is 2.91. The van der Waals surface area contributed by atoms with E-state index in [1.54, 1.807) is 6.92 Å². The highest BCUT2D eigenvalue weighted by Gasteiger charge is 2.42. The van der Waals surface area contributed by atoms with Crippen LogP contribution in [0, 0.1) is 5.82 Å². The molecular formula is C21H24ClFN2O3S. The molecule has 0 saturated heterocycles. The number of anilines is 1. The Balaban J connectivity index is 2.08. The van der Waals surface area contributed by atoms with Crippen molar-refractivity contribution in [2.75, 3.05) is 11.9 Å². The van der Waals surface area contributed by atoms with Crippen LogP contribution in [0.1, 0.15) is 65.8 Å². The zero-order valence-electron chi connectivity index (χ0n) is 17.0. The first kappa shape index (κ1) is 21.7. The van der Waals surface area contributed by atoms with E-state index in [1.165, 1.54) is 23.5 Å². The van der Waals surface area contributed by atoms with Gasteiger partial charge in [-0.05, 0) is 64.8 Å². The predicted molar refractivity (Wildman–Crippen MR) is 114 cm³/mol. The van der Waals surface area contributed by atoms with Crippen molar-refractivity contribution in [1.82, 2.24) is 5.32 Å². The fourth-order valence-corrected chi connectivity index (χ4v) is 5.39. The Morgan fingerprint density at radius 2 is 2.00 bits per heavy atom. The number of fused-ring (bicyclic) bond motifs is 1. The molecule has 1 aliphatic rings. The van der Waals surface area contributed by atoms with Crippen LogP contribution in [-0.2, 0) is 16.7 Å². The normalized spacial score (nSPS) is 16.8. The van der Waals surface area contributed by atoms with Crippen molar-refractivity contribution in [2.24, 2.45) is 0 Å². The van der Waals surface area contributed by atoms with E-state index >= 15 is 0 Å². The van der Waals surface area contributed by atoms with E-state index in [-0.39, 0.29) is 28.3 Å². The first-order valence-corrected chi connectivity index (χ1v) is 10.5. The minimum absolute atomic E-state index is 0.00429. The summed E-state index contributed by atoms with van der Waals surface area (Å²) in [5, 5.41) is 6.79. The number of benzene rings is 1. The van der Waals surface area contributed by atoms with Gasteiger partial charge in [-0.1, -0.05) is 11.6 Å². The van der Waals surface area contributed by atoms with Crippen LogP contribution >= 0.6 is 22.9 Å². The second-order valence-corrected chi connectivity index (χ2v) is 9.65. The lowest BCUT2D eigenvalue weighted by molar-refractivity contribution is 0.0526. The summed E-state index contributed by atoms with van der Waals surface area (Å²) in [7, 11) is 0. The predicted octanol–water partition coefficient (Wildman–Crippen LogP) is 5.13. The summed E-state index contributed by atoms with van der Waals surface area (Å²) in [5.41, 5.74) is 0.760. The van der Waals surface area contributed by atoms with Gasteiger partial charge in [0.1, 0.15) is 10.8 Å². The van der Waals surface area contributed by atoms with Crippen molar-refractivity contribution >= 4 is 39.8 Å². The van der Waals surface area contributed by atoms with Crippen LogP contribution in [0.3, 0.4) is 0 Å².